The summed E-state index contributed by atoms with van der Waals surface area (Å²) in [6, 6.07) is 3.09. The Bertz CT molecular complexity index is 738. The fraction of sp³-hybridized carbons (Fsp3) is 0.579. The number of nitrogens with zero attached hydrogens (tertiary/aromatic N) is 2. The molecule has 2 N–H and O–H groups in total. The summed E-state index contributed by atoms with van der Waals surface area (Å²) in [5.74, 6) is -1.85. The summed E-state index contributed by atoms with van der Waals surface area (Å²) < 4.78 is 5.51. The van der Waals surface area contributed by atoms with Crippen molar-refractivity contribution in [2.24, 2.45) is 0 Å². The van der Waals surface area contributed by atoms with E-state index in [1.165, 1.54) is 12.1 Å². The van der Waals surface area contributed by atoms with Crippen LogP contribution in [-0.2, 0) is 9.53 Å². The highest BCUT2D eigenvalue weighted by molar-refractivity contribution is 5.97. The Hall–Kier alpha value is -2.68. The first-order valence-electron chi connectivity index (χ1n) is 9.29. The van der Waals surface area contributed by atoms with E-state index in [2.05, 4.69) is 5.32 Å². The maximum atomic E-state index is 12.5. The summed E-state index contributed by atoms with van der Waals surface area (Å²) in [7, 11) is 0. The maximum absolute atomic E-state index is 12.5. The van der Waals surface area contributed by atoms with Crippen LogP contribution in [0.25, 0.3) is 0 Å². The van der Waals surface area contributed by atoms with E-state index in [1.54, 1.807) is 6.07 Å². The number of aliphatic carboxylic acids is 1. The third-order valence-corrected chi connectivity index (χ3v) is 4.43. The van der Waals surface area contributed by atoms with Crippen LogP contribution in [0.15, 0.2) is 18.2 Å². The summed E-state index contributed by atoms with van der Waals surface area (Å²) in [5.41, 5.74) is -0.0402. The number of carbonyl (C=O) groups is 2. The molecule has 2 rings (SSSR count). The first kappa shape index (κ1) is 21.6. The standard InChI is InChI=1S/C19H27N3O6/c1-19(2,3)28-11-8-14(18(24)25)20-17(23)13-6-7-15(16(12-13)22(26)27)21-9-4-5-10-21/h6-7,12,14H,4-5,8-11H2,1-3H3,(H,20,23)(H,24,25). The average Bonchev–Trinajstić information content (AvgIpc) is 3.13. The molecular weight excluding hydrogens is 366 g/mol. The van der Waals surface area contributed by atoms with Crippen molar-refractivity contribution >= 4 is 23.3 Å². The highest BCUT2D eigenvalue weighted by atomic mass is 16.6. The second-order valence-corrected chi connectivity index (χ2v) is 7.77. The molecule has 1 heterocycles. The van der Waals surface area contributed by atoms with Crippen LogP contribution < -0.4 is 10.2 Å². The summed E-state index contributed by atoms with van der Waals surface area (Å²) >= 11 is 0. The quantitative estimate of drug-likeness (QED) is 0.514. The molecule has 154 valence electrons. The summed E-state index contributed by atoms with van der Waals surface area (Å²) in [6.45, 7) is 7.19. The number of ether oxygens (including phenoxy) is 1. The molecule has 0 aliphatic carbocycles. The number of carbonyl (C=O) groups excluding carboxylic acids is 1. The Morgan fingerprint density at radius 3 is 2.50 bits per heavy atom. The molecule has 9 heteroatoms. The van der Waals surface area contributed by atoms with E-state index in [0.717, 1.165) is 25.9 Å². The molecule has 1 atom stereocenters. The molecule has 1 aromatic carbocycles. The number of hydrogen-bond acceptors (Lipinski definition) is 6. The average molecular weight is 393 g/mol. The first-order valence-corrected chi connectivity index (χ1v) is 9.29. The molecule has 1 aromatic rings. The molecule has 1 unspecified atom stereocenters. The summed E-state index contributed by atoms with van der Waals surface area (Å²) in [5, 5.41) is 23.2. The van der Waals surface area contributed by atoms with Crippen LogP contribution in [0.3, 0.4) is 0 Å². The molecule has 1 aliphatic heterocycles. The van der Waals surface area contributed by atoms with E-state index in [1.807, 2.05) is 25.7 Å². The van der Waals surface area contributed by atoms with Crippen molar-refractivity contribution in [2.75, 3.05) is 24.6 Å². The van der Waals surface area contributed by atoms with Gasteiger partial charge in [0.2, 0.25) is 0 Å². The van der Waals surface area contributed by atoms with E-state index in [-0.39, 0.29) is 24.3 Å². The Morgan fingerprint density at radius 2 is 1.96 bits per heavy atom. The highest BCUT2D eigenvalue weighted by Crippen LogP contribution is 2.31. The number of rotatable bonds is 8. The van der Waals surface area contributed by atoms with Gasteiger partial charge >= 0.3 is 5.97 Å². The number of nitro benzene ring substituents is 1. The van der Waals surface area contributed by atoms with Crippen molar-refractivity contribution in [3.8, 4) is 0 Å². The minimum atomic E-state index is -1.19. The van der Waals surface area contributed by atoms with Crippen molar-refractivity contribution in [3.05, 3.63) is 33.9 Å². The number of nitrogens with one attached hydrogen (secondary N) is 1. The monoisotopic (exact) mass is 393 g/mol. The molecule has 9 nitrogen and oxygen atoms in total. The van der Waals surface area contributed by atoms with Gasteiger partial charge in [0.15, 0.2) is 0 Å². The Balaban J connectivity index is 2.12. The second-order valence-electron chi connectivity index (χ2n) is 7.77. The van der Waals surface area contributed by atoms with Gasteiger partial charge in [-0.1, -0.05) is 0 Å². The Kier molecular flexibility index (Phi) is 6.95. The number of carboxylic acids is 1. The molecule has 1 aliphatic rings. The van der Waals surface area contributed by atoms with Crippen molar-refractivity contribution in [1.82, 2.24) is 5.32 Å². The predicted octanol–water partition coefficient (Wildman–Crippen LogP) is 2.58. The number of benzene rings is 1. The fourth-order valence-electron chi connectivity index (χ4n) is 3.02. The molecule has 28 heavy (non-hydrogen) atoms. The lowest BCUT2D eigenvalue weighted by Gasteiger charge is -2.21. The third-order valence-electron chi connectivity index (χ3n) is 4.43. The zero-order chi connectivity index (χ0) is 20.9. The van der Waals surface area contributed by atoms with E-state index in [9.17, 15) is 24.8 Å². The number of anilines is 1. The topological polar surface area (TPSA) is 122 Å². The molecule has 0 aromatic heterocycles. The smallest absolute Gasteiger partial charge is 0.326 e. The van der Waals surface area contributed by atoms with E-state index in [4.69, 9.17) is 4.74 Å². The lowest BCUT2D eigenvalue weighted by atomic mass is 10.1. The van der Waals surface area contributed by atoms with Gasteiger partial charge in [0.05, 0.1) is 10.5 Å². The van der Waals surface area contributed by atoms with Gasteiger partial charge in [-0.3, -0.25) is 14.9 Å². The number of nitro groups is 1. The molecular formula is C19H27N3O6. The van der Waals surface area contributed by atoms with Crippen LogP contribution >= 0.6 is 0 Å². The molecule has 1 amide bonds. The van der Waals surface area contributed by atoms with Crippen LogP contribution in [0.1, 0.15) is 50.4 Å². The maximum Gasteiger partial charge on any atom is 0.326 e. The van der Waals surface area contributed by atoms with Crippen molar-refractivity contribution in [2.45, 2.75) is 51.7 Å². The lowest BCUT2D eigenvalue weighted by molar-refractivity contribution is -0.384. The zero-order valence-corrected chi connectivity index (χ0v) is 16.4. The fourth-order valence-corrected chi connectivity index (χ4v) is 3.02. The largest absolute Gasteiger partial charge is 0.480 e. The summed E-state index contributed by atoms with van der Waals surface area (Å²) in [6.07, 6.45) is 2.03. The predicted molar refractivity (Wildman–Crippen MR) is 104 cm³/mol. The van der Waals surface area contributed by atoms with Gasteiger partial charge in [-0.05, 0) is 45.7 Å². The molecule has 1 fully saturated rings. The summed E-state index contributed by atoms with van der Waals surface area (Å²) in [4.78, 5) is 36.8. The molecule has 0 radical (unpaired) electrons. The Labute approximate surface area is 163 Å². The van der Waals surface area contributed by atoms with E-state index < -0.39 is 28.4 Å². The molecule has 0 saturated carbocycles. The lowest BCUT2D eigenvalue weighted by Crippen LogP contribution is -2.42. The van der Waals surface area contributed by atoms with Gasteiger partial charge in [-0.25, -0.2) is 4.79 Å². The highest BCUT2D eigenvalue weighted by Gasteiger charge is 2.26. The molecule has 0 bridgehead atoms. The van der Waals surface area contributed by atoms with Gasteiger partial charge in [-0.15, -0.1) is 0 Å². The van der Waals surface area contributed by atoms with E-state index >= 15 is 0 Å². The van der Waals surface area contributed by atoms with Gasteiger partial charge in [0, 0.05) is 37.7 Å². The van der Waals surface area contributed by atoms with Crippen LogP contribution in [0.4, 0.5) is 11.4 Å². The SMILES string of the molecule is CC(C)(C)OCCC(NC(=O)c1ccc(N2CCCC2)c([N+](=O)[O-])c1)C(=O)O. The molecule has 0 spiro atoms. The number of hydrogen-bond donors (Lipinski definition) is 2. The van der Waals surface area contributed by atoms with Crippen LogP contribution in [0.2, 0.25) is 0 Å². The van der Waals surface area contributed by atoms with Crippen molar-refractivity contribution in [1.29, 1.82) is 0 Å². The minimum Gasteiger partial charge on any atom is -0.480 e. The zero-order valence-electron chi connectivity index (χ0n) is 16.4. The van der Waals surface area contributed by atoms with Crippen LogP contribution in [0.5, 0.6) is 0 Å². The van der Waals surface area contributed by atoms with Gasteiger partial charge in [0.1, 0.15) is 11.7 Å². The Morgan fingerprint density at radius 1 is 1.32 bits per heavy atom. The van der Waals surface area contributed by atoms with E-state index in [0.29, 0.717) is 5.69 Å². The van der Waals surface area contributed by atoms with Gasteiger partial charge in [0.25, 0.3) is 11.6 Å². The van der Waals surface area contributed by atoms with Gasteiger partial charge < -0.3 is 20.1 Å². The van der Waals surface area contributed by atoms with Gasteiger partial charge in [-0.2, -0.15) is 0 Å². The van der Waals surface area contributed by atoms with Crippen LogP contribution in [0, 0.1) is 10.1 Å². The first-order chi connectivity index (χ1) is 13.1. The van der Waals surface area contributed by atoms with Crippen molar-refractivity contribution in [3.63, 3.8) is 0 Å². The third kappa shape index (κ3) is 5.91. The second kappa shape index (κ2) is 9.01. The number of carboxylic acid groups (broad SMARTS) is 1. The minimum absolute atomic E-state index is 0.0534. The van der Waals surface area contributed by atoms with Crippen LogP contribution in [-0.4, -0.2) is 53.2 Å². The normalized spacial score (nSPS) is 15.3. The molecule has 1 saturated heterocycles. The van der Waals surface area contributed by atoms with Crippen molar-refractivity contribution < 1.29 is 24.4 Å². The number of amides is 1.